The minimum atomic E-state index is 0.0879. The molecule has 0 radical (unpaired) electrons. The van der Waals surface area contributed by atoms with E-state index in [0.29, 0.717) is 19.0 Å². The molecule has 2 rings (SSSR count). The number of carbonyl (C=O) groups excluding carboxylic acids is 2. The first kappa shape index (κ1) is 19.0. The molecule has 0 spiro atoms. The second-order valence-electron chi connectivity index (χ2n) is 7.26. The highest BCUT2D eigenvalue weighted by molar-refractivity contribution is 5.78. The maximum absolute atomic E-state index is 12.6. The van der Waals surface area contributed by atoms with Crippen molar-refractivity contribution in [1.29, 1.82) is 0 Å². The zero-order valence-corrected chi connectivity index (χ0v) is 15.6. The highest BCUT2D eigenvalue weighted by atomic mass is 16.2. The topological polar surface area (TPSA) is 40.6 Å². The highest BCUT2D eigenvalue weighted by Gasteiger charge is 2.25. The van der Waals surface area contributed by atoms with E-state index in [1.165, 1.54) is 37.7 Å². The number of carbonyl (C=O) groups is 2. The molecule has 0 saturated carbocycles. The maximum atomic E-state index is 12.6. The van der Waals surface area contributed by atoms with E-state index >= 15 is 0 Å². The average molecular weight is 335 g/mol. The minimum absolute atomic E-state index is 0.0879. The Morgan fingerprint density at radius 1 is 1.21 bits per heavy atom. The third-order valence-electron chi connectivity index (χ3n) is 5.55. The fourth-order valence-electron chi connectivity index (χ4n) is 3.96. The van der Waals surface area contributed by atoms with Crippen LogP contribution in [0.25, 0.3) is 0 Å². The second kappa shape index (κ2) is 9.85. The van der Waals surface area contributed by atoms with E-state index in [1.54, 1.807) is 6.92 Å². The lowest BCUT2D eigenvalue weighted by molar-refractivity contribution is -0.136. The summed E-state index contributed by atoms with van der Waals surface area (Å²) in [6.45, 7) is 6.00. The van der Waals surface area contributed by atoms with Crippen molar-refractivity contribution in [2.75, 3.05) is 19.6 Å². The monoisotopic (exact) mass is 334 g/mol. The van der Waals surface area contributed by atoms with E-state index in [0.717, 1.165) is 38.8 Å². The molecule has 24 heavy (non-hydrogen) atoms. The number of rotatable bonds is 7. The summed E-state index contributed by atoms with van der Waals surface area (Å²) in [7, 11) is 0. The van der Waals surface area contributed by atoms with E-state index in [1.807, 2.05) is 4.90 Å². The third-order valence-corrected chi connectivity index (χ3v) is 5.55. The van der Waals surface area contributed by atoms with Crippen LogP contribution in [0, 0.1) is 0 Å². The lowest BCUT2D eigenvalue weighted by Gasteiger charge is -2.36. The Morgan fingerprint density at radius 2 is 2.04 bits per heavy atom. The second-order valence-corrected chi connectivity index (χ2v) is 7.26. The smallest absolute Gasteiger partial charge is 0.224 e. The molecule has 136 valence electrons. The Morgan fingerprint density at radius 3 is 2.71 bits per heavy atom. The SMILES string of the molecule is CCC1CCCCN1C(=O)CCN(CCC1=CCCCC1)C(C)=O. The van der Waals surface area contributed by atoms with Gasteiger partial charge in [-0.15, -0.1) is 0 Å². The first-order valence-corrected chi connectivity index (χ1v) is 9.84. The Labute approximate surface area is 147 Å². The summed E-state index contributed by atoms with van der Waals surface area (Å²) in [5, 5.41) is 0. The first-order chi connectivity index (χ1) is 11.6. The van der Waals surface area contributed by atoms with Crippen LogP contribution in [-0.2, 0) is 9.59 Å². The zero-order valence-electron chi connectivity index (χ0n) is 15.6. The molecular formula is C20H34N2O2. The molecule has 4 nitrogen and oxygen atoms in total. The molecule has 0 aromatic heterocycles. The van der Waals surface area contributed by atoms with Crippen molar-refractivity contribution in [2.45, 2.75) is 84.1 Å². The van der Waals surface area contributed by atoms with E-state index < -0.39 is 0 Å². The standard InChI is InChI=1S/C20H34N2O2/c1-3-19-11-7-8-14-22(19)20(24)13-16-21(17(2)23)15-12-18-9-5-4-6-10-18/h9,19H,3-8,10-16H2,1-2H3. The zero-order chi connectivity index (χ0) is 17.4. The molecule has 2 aliphatic rings. The molecule has 0 N–H and O–H groups in total. The number of allylic oxidation sites excluding steroid dienone is 1. The molecule has 1 aliphatic heterocycles. The summed E-state index contributed by atoms with van der Waals surface area (Å²) in [5.41, 5.74) is 1.49. The van der Waals surface area contributed by atoms with Gasteiger partial charge in [0.05, 0.1) is 0 Å². The van der Waals surface area contributed by atoms with Crippen molar-refractivity contribution in [3.8, 4) is 0 Å². The van der Waals surface area contributed by atoms with E-state index in [2.05, 4.69) is 17.9 Å². The van der Waals surface area contributed by atoms with Gasteiger partial charge < -0.3 is 9.80 Å². The number of likely N-dealkylation sites (tertiary alicyclic amines) is 1. The van der Waals surface area contributed by atoms with Crippen molar-refractivity contribution in [3.05, 3.63) is 11.6 Å². The Kier molecular flexibility index (Phi) is 7.80. The number of hydrogen-bond acceptors (Lipinski definition) is 2. The van der Waals surface area contributed by atoms with E-state index in [4.69, 9.17) is 0 Å². The lowest BCUT2D eigenvalue weighted by Crippen LogP contribution is -2.44. The van der Waals surface area contributed by atoms with Gasteiger partial charge in [-0.3, -0.25) is 9.59 Å². The summed E-state index contributed by atoms with van der Waals surface area (Å²) < 4.78 is 0. The number of amides is 2. The molecule has 0 aromatic rings. The molecule has 1 saturated heterocycles. The van der Waals surface area contributed by atoms with E-state index in [-0.39, 0.29) is 11.8 Å². The van der Waals surface area contributed by atoms with Gasteiger partial charge in [0.2, 0.25) is 11.8 Å². The highest BCUT2D eigenvalue weighted by Crippen LogP contribution is 2.22. The number of nitrogens with zero attached hydrogens (tertiary/aromatic N) is 2. The Balaban J connectivity index is 1.80. The van der Waals surface area contributed by atoms with Crippen LogP contribution in [0.15, 0.2) is 11.6 Å². The molecule has 0 aromatic carbocycles. The Bertz CT molecular complexity index is 459. The molecule has 1 fully saturated rings. The molecule has 0 bridgehead atoms. The van der Waals surface area contributed by atoms with Crippen molar-refractivity contribution in [1.82, 2.24) is 9.80 Å². The summed E-state index contributed by atoms with van der Waals surface area (Å²) in [5.74, 6) is 0.314. The van der Waals surface area contributed by atoms with Gasteiger partial charge in [-0.1, -0.05) is 18.6 Å². The van der Waals surface area contributed by atoms with Crippen molar-refractivity contribution >= 4 is 11.8 Å². The molecule has 4 heteroatoms. The van der Waals surface area contributed by atoms with Crippen molar-refractivity contribution < 1.29 is 9.59 Å². The quantitative estimate of drug-likeness (QED) is 0.662. The Hall–Kier alpha value is -1.32. The van der Waals surface area contributed by atoms with Crippen molar-refractivity contribution in [3.63, 3.8) is 0 Å². The van der Waals surface area contributed by atoms with Crippen LogP contribution in [-0.4, -0.2) is 47.3 Å². The third kappa shape index (κ3) is 5.64. The van der Waals surface area contributed by atoms with Gasteiger partial charge in [0.25, 0.3) is 0 Å². The predicted octanol–water partition coefficient (Wildman–Crippen LogP) is 3.91. The van der Waals surface area contributed by atoms with Crippen LogP contribution in [0.5, 0.6) is 0 Å². The van der Waals surface area contributed by atoms with Crippen LogP contribution in [0.2, 0.25) is 0 Å². The van der Waals surface area contributed by atoms with Gasteiger partial charge in [0, 0.05) is 39.0 Å². The molecule has 1 atom stereocenters. The van der Waals surface area contributed by atoms with Crippen LogP contribution in [0.1, 0.15) is 78.1 Å². The minimum Gasteiger partial charge on any atom is -0.342 e. The van der Waals surface area contributed by atoms with Crippen molar-refractivity contribution in [2.24, 2.45) is 0 Å². The normalized spacial score (nSPS) is 21.3. The van der Waals surface area contributed by atoms with Gasteiger partial charge in [-0.25, -0.2) is 0 Å². The summed E-state index contributed by atoms with van der Waals surface area (Å²) in [4.78, 5) is 28.4. The molecular weight excluding hydrogens is 300 g/mol. The molecule has 2 amide bonds. The van der Waals surface area contributed by atoms with Gasteiger partial charge in [-0.2, -0.15) is 0 Å². The average Bonchev–Trinajstić information content (AvgIpc) is 2.62. The molecule has 1 aliphatic carbocycles. The largest absolute Gasteiger partial charge is 0.342 e. The van der Waals surface area contributed by atoms with E-state index in [9.17, 15) is 9.59 Å². The van der Waals surface area contributed by atoms with Gasteiger partial charge in [0.15, 0.2) is 0 Å². The summed E-state index contributed by atoms with van der Waals surface area (Å²) in [6.07, 6.45) is 13.2. The summed E-state index contributed by atoms with van der Waals surface area (Å²) in [6, 6.07) is 0.407. The van der Waals surface area contributed by atoms with Crippen LogP contribution < -0.4 is 0 Å². The summed E-state index contributed by atoms with van der Waals surface area (Å²) >= 11 is 0. The number of piperidine rings is 1. The lowest BCUT2D eigenvalue weighted by atomic mass is 9.97. The van der Waals surface area contributed by atoms with Crippen LogP contribution in [0.4, 0.5) is 0 Å². The first-order valence-electron chi connectivity index (χ1n) is 9.84. The van der Waals surface area contributed by atoms with Gasteiger partial charge in [0.1, 0.15) is 0 Å². The number of hydrogen-bond donors (Lipinski definition) is 0. The van der Waals surface area contributed by atoms with Gasteiger partial charge >= 0.3 is 0 Å². The fraction of sp³-hybridized carbons (Fsp3) is 0.800. The fourth-order valence-corrected chi connectivity index (χ4v) is 3.96. The van der Waals surface area contributed by atoms with Crippen LogP contribution >= 0.6 is 0 Å². The molecule has 1 heterocycles. The maximum Gasteiger partial charge on any atom is 0.224 e. The van der Waals surface area contributed by atoms with Gasteiger partial charge in [-0.05, 0) is 57.8 Å². The van der Waals surface area contributed by atoms with Crippen LogP contribution in [0.3, 0.4) is 0 Å². The molecule has 1 unspecified atom stereocenters. The predicted molar refractivity (Wildman–Crippen MR) is 97.7 cm³/mol.